The SMILES string of the molecule is CCOc1cc(C(=O)CCBr)ccc1SC. The molecule has 0 N–H and O–H groups in total. The van der Waals surface area contributed by atoms with E-state index in [1.165, 1.54) is 0 Å². The van der Waals surface area contributed by atoms with Crippen LogP contribution in [0.15, 0.2) is 23.1 Å². The molecule has 0 radical (unpaired) electrons. The van der Waals surface area contributed by atoms with Gasteiger partial charge in [0.25, 0.3) is 0 Å². The van der Waals surface area contributed by atoms with Gasteiger partial charge in [0, 0.05) is 22.2 Å². The van der Waals surface area contributed by atoms with Crippen molar-refractivity contribution in [3.05, 3.63) is 23.8 Å². The number of carbonyl (C=O) groups excluding carboxylic acids is 1. The number of alkyl halides is 1. The van der Waals surface area contributed by atoms with Crippen LogP contribution in [-0.2, 0) is 0 Å². The maximum atomic E-state index is 11.7. The van der Waals surface area contributed by atoms with Gasteiger partial charge in [-0.15, -0.1) is 11.8 Å². The molecule has 1 aromatic rings. The van der Waals surface area contributed by atoms with Gasteiger partial charge in [0.1, 0.15) is 5.75 Å². The van der Waals surface area contributed by atoms with Crippen molar-refractivity contribution >= 4 is 33.5 Å². The highest BCUT2D eigenvalue weighted by Gasteiger charge is 2.09. The van der Waals surface area contributed by atoms with Crippen molar-refractivity contribution in [2.75, 3.05) is 18.2 Å². The Morgan fingerprint density at radius 2 is 2.25 bits per heavy atom. The topological polar surface area (TPSA) is 26.3 Å². The lowest BCUT2D eigenvalue weighted by molar-refractivity contribution is 0.0989. The van der Waals surface area contributed by atoms with Crippen LogP contribution < -0.4 is 4.74 Å². The predicted molar refractivity (Wildman–Crippen MR) is 72.1 cm³/mol. The molecule has 0 aliphatic heterocycles. The first-order chi connectivity index (χ1) is 7.72. The van der Waals surface area contributed by atoms with E-state index in [0.717, 1.165) is 16.2 Å². The van der Waals surface area contributed by atoms with Crippen LogP contribution in [0.4, 0.5) is 0 Å². The van der Waals surface area contributed by atoms with Crippen LogP contribution in [0.1, 0.15) is 23.7 Å². The van der Waals surface area contributed by atoms with E-state index in [0.29, 0.717) is 18.4 Å². The first kappa shape index (κ1) is 13.6. The fourth-order valence-corrected chi connectivity index (χ4v) is 2.23. The molecule has 0 bridgehead atoms. The van der Waals surface area contributed by atoms with Gasteiger partial charge in [0.2, 0.25) is 0 Å². The molecule has 4 heteroatoms. The Bertz CT molecular complexity index is 366. The molecule has 0 fully saturated rings. The van der Waals surface area contributed by atoms with Crippen LogP contribution >= 0.6 is 27.7 Å². The number of hydrogen-bond donors (Lipinski definition) is 0. The second-order valence-electron chi connectivity index (χ2n) is 3.16. The van der Waals surface area contributed by atoms with Crippen molar-refractivity contribution in [1.82, 2.24) is 0 Å². The molecule has 0 atom stereocenters. The van der Waals surface area contributed by atoms with Crippen molar-refractivity contribution in [2.45, 2.75) is 18.2 Å². The summed E-state index contributed by atoms with van der Waals surface area (Å²) in [5, 5.41) is 0.695. The lowest BCUT2D eigenvalue weighted by Gasteiger charge is -2.09. The van der Waals surface area contributed by atoms with Crippen molar-refractivity contribution in [1.29, 1.82) is 0 Å². The van der Waals surface area contributed by atoms with Gasteiger partial charge in [-0.3, -0.25) is 4.79 Å². The van der Waals surface area contributed by atoms with Gasteiger partial charge in [0.05, 0.1) is 6.61 Å². The average Bonchev–Trinajstić information content (AvgIpc) is 2.29. The van der Waals surface area contributed by atoms with Gasteiger partial charge in [0.15, 0.2) is 5.78 Å². The summed E-state index contributed by atoms with van der Waals surface area (Å²) in [6.07, 6.45) is 2.52. The second-order valence-corrected chi connectivity index (χ2v) is 4.80. The molecule has 0 aromatic heterocycles. The molecule has 2 nitrogen and oxygen atoms in total. The summed E-state index contributed by atoms with van der Waals surface area (Å²) < 4.78 is 5.51. The zero-order valence-electron chi connectivity index (χ0n) is 9.46. The molecule has 0 spiro atoms. The van der Waals surface area contributed by atoms with Crippen molar-refractivity contribution in [3.63, 3.8) is 0 Å². The van der Waals surface area contributed by atoms with Gasteiger partial charge in [-0.2, -0.15) is 0 Å². The van der Waals surface area contributed by atoms with Gasteiger partial charge >= 0.3 is 0 Å². The molecule has 0 saturated heterocycles. The number of thioether (sulfide) groups is 1. The Morgan fingerprint density at radius 3 is 2.81 bits per heavy atom. The van der Waals surface area contributed by atoms with Crippen LogP contribution in [-0.4, -0.2) is 24.0 Å². The number of ketones is 1. The third-order valence-electron chi connectivity index (χ3n) is 2.11. The Hall–Kier alpha value is -0.480. The molecular formula is C12H15BrO2S. The van der Waals surface area contributed by atoms with E-state index in [1.54, 1.807) is 11.8 Å². The molecule has 1 rings (SSSR count). The summed E-state index contributed by atoms with van der Waals surface area (Å²) in [5.74, 6) is 0.945. The summed E-state index contributed by atoms with van der Waals surface area (Å²) in [4.78, 5) is 12.8. The van der Waals surface area contributed by atoms with E-state index < -0.39 is 0 Å². The van der Waals surface area contributed by atoms with Crippen LogP contribution in [0, 0.1) is 0 Å². The first-order valence-electron chi connectivity index (χ1n) is 5.13. The van der Waals surface area contributed by atoms with Crippen molar-refractivity contribution < 1.29 is 9.53 Å². The highest BCUT2D eigenvalue weighted by molar-refractivity contribution is 9.09. The predicted octanol–water partition coefficient (Wildman–Crippen LogP) is 3.77. The van der Waals surface area contributed by atoms with E-state index in [9.17, 15) is 4.79 Å². The molecule has 0 aliphatic carbocycles. The largest absolute Gasteiger partial charge is 0.493 e. The molecule has 0 saturated carbocycles. The van der Waals surface area contributed by atoms with Gasteiger partial charge < -0.3 is 4.74 Å². The van der Waals surface area contributed by atoms with Crippen LogP contribution in [0.25, 0.3) is 0 Å². The standard InChI is InChI=1S/C12H15BrO2S/c1-3-15-11-8-9(10(14)6-7-13)4-5-12(11)16-2/h4-5,8H,3,6-7H2,1-2H3. The fourth-order valence-electron chi connectivity index (χ4n) is 1.35. The van der Waals surface area contributed by atoms with Crippen molar-refractivity contribution in [2.24, 2.45) is 0 Å². The molecule has 0 unspecified atom stereocenters. The monoisotopic (exact) mass is 302 g/mol. The molecule has 0 aliphatic rings. The Balaban J connectivity index is 2.96. The summed E-state index contributed by atoms with van der Waals surface area (Å²) >= 11 is 4.89. The van der Waals surface area contributed by atoms with Crippen LogP contribution in [0.3, 0.4) is 0 Å². The Kier molecular flexibility index (Phi) is 5.91. The third kappa shape index (κ3) is 3.52. The number of benzene rings is 1. The minimum atomic E-state index is 0.144. The molecule has 88 valence electrons. The molecule has 0 amide bonds. The number of rotatable bonds is 6. The fraction of sp³-hybridized carbons (Fsp3) is 0.417. The quantitative estimate of drug-likeness (QED) is 0.454. The lowest BCUT2D eigenvalue weighted by Crippen LogP contribution is -2.01. The highest BCUT2D eigenvalue weighted by Crippen LogP contribution is 2.29. The second kappa shape index (κ2) is 6.97. The van der Waals surface area contributed by atoms with E-state index in [4.69, 9.17) is 4.74 Å². The average molecular weight is 303 g/mol. The number of Topliss-reactive ketones (excluding diaryl/α,β-unsaturated/α-hetero) is 1. The van der Waals surface area contributed by atoms with E-state index >= 15 is 0 Å². The van der Waals surface area contributed by atoms with Crippen LogP contribution in [0.5, 0.6) is 5.75 Å². The minimum Gasteiger partial charge on any atom is -0.493 e. The Morgan fingerprint density at radius 1 is 1.50 bits per heavy atom. The Labute approximate surface area is 109 Å². The summed E-state index contributed by atoms with van der Waals surface area (Å²) in [5.41, 5.74) is 0.723. The first-order valence-corrected chi connectivity index (χ1v) is 7.47. The number of hydrogen-bond acceptors (Lipinski definition) is 3. The minimum absolute atomic E-state index is 0.144. The summed E-state index contributed by atoms with van der Waals surface area (Å²) in [7, 11) is 0. The number of halogens is 1. The lowest BCUT2D eigenvalue weighted by atomic mass is 10.1. The number of ether oxygens (including phenoxy) is 1. The maximum Gasteiger partial charge on any atom is 0.163 e. The van der Waals surface area contributed by atoms with Gasteiger partial charge in [-0.25, -0.2) is 0 Å². The number of carbonyl (C=O) groups is 1. The van der Waals surface area contributed by atoms with E-state index in [1.807, 2.05) is 31.4 Å². The molecule has 0 heterocycles. The van der Waals surface area contributed by atoms with E-state index in [-0.39, 0.29) is 5.78 Å². The maximum absolute atomic E-state index is 11.7. The van der Waals surface area contributed by atoms with Gasteiger partial charge in [-0.1, -0.05) is 22.0 Å². The summed E-state index contributed by atoms with van der Waals surface area (Å²) in [6, 6.07) is 5.64. The molecule has 16 heavy (non-hydrogen) atoms. The summed E-state index contributed by atoms with van der Waals surface area (Å²) in [6.45, 7) is 2.56. The molecular weight excluding hydrogens is 288 g/mol. The van der Waals surface area contributed by atoms with Gasteiger partial charge in [-0.05, 0) is 25.3 Å². The highest BCUT2D eigenvalue weighted by atomic mass is 79.9. The van der Waals surface area contributed by atoms with Crippen LogP contribution in [0.2, 0.25) is 0 Å². The zero-order chi connectivity index (χ0) is 12.0. The normalized spacial score (nSPS) is 10.2. The zero-order valence-corrected chi connectivity index (χ0v) is 11.9. The molecule has 1 aromatic carbocycles. The van der Waals surface area contributed by atoms with Crippen molar-refractivity contribution in [3.8, 4) is 5.75 Å². The third-order valence-corrected chi connectivity index (χ3v) is 3.28. The smallest absolute Gasteiger partial charge is 0.163 e. The van der Waals surface area contributed by atoms with E-state index in [2.05, 4.69) is 15.9 Å².